The summed E-state index contributed by atoms with van der Waals surface area (Å²) in [6, 6.07) is 12.3. The normalized spacial score (nSPS) is 16.4. The number of carbonyl (C=O) groups is 2. The third kappa shape index (κ3) is 4.25. The lowest BCUT2D eigenvalue weighted by Crippen LogP contribution is -2.57. The van der Waals surface area contributed by atoms with E-state index >= 15 is 0 Å². The van der Waals surface area contributed by atoms with Crippen LogP contribution in [0.25, 0.3) is 16.9 Å². The summed E-state index contributed by atoms with van der Waals surface area (Å²) in [6.45, 7) is 0.736. The van der Waals surface area contributed by atoms with Crippen LogP contribution in [0.3, 0.4) is 0 Å². The fourth-order valence-electron chi connectivity index (χ4n) is 5.35. The molecule has 1 spiro atoms. The second kappa shape index (κ2) is 9.78. The molecule has 204 valence electrons. The Morgan fingerprint density at radius 3 is 2.27 bits per heavy atom. The van der Waals surface area contributed by atoms with Gasteiger partial charge in [0.15, 0.2) is 23.1 Å². The minimum Gasteiger partial charge on any atom is -0.339 e. The molecule has 0 radical (unpaired) electrons. The molecule has 2 aliphatic heterocycles. The van der Waals surface area contributed by atoms with Gasteiger partial charge in [0.05, 0.1) is 18.1 Å². The van der Waals surface area contributed by atoms with Crippen LogP contribution in [0, 0.1) is 23.3 Å². The van der Waals surface area contributed by atoms with Gasteiger partial charge in [-0.15, -0.1) is 0 Å². The molecule has 2 aromatic heterocycles. The summed E-state index contributed by atoms with van der Waals surface area (Å²) in [5, 5.41) is 7.19. The summed E-state index contributed by atoms with van der Waals surface area (Å²) in [5.41, 5.74) is 0.550. The van der Waals surface area contributed by atoms with E-state index in [1.54, 1.807) is 35.4 Å². The highest BCUT2D eigenvalue weighted by Crippen LogP contribution is 2.37. The molecule has 1 N–H and O–H groups in total. The lowest BCUT2D eigenvalue weighted by molar-refractivity contribution is -0.124. The maximum atomic E-state index is 14.1. The van der Waals surface area contributed by atoms with E-state index in [0.717, 1.165) is 12.1 Å². The molecule has 2 fully saturated rings. The van der Waals surface area contributed by atoms with Gasteiger partial charge in [-0.1, -0.05) is 0 Å². The number of likely N-dealkylation sites (tertiary alicyclic amines) is 1. The van der Waals surface area contributed by atoms with Gasteiger partial charge in [0.1, 0.15) is 11.4 Å². The van der Waals surface area contributed by atoms with Crippen LogP contribution in [0.2, 0.25) is 0 Å². The molecule has 2 amide bonds. The van der Waals surface area contributed by atoms with Crippen LogP contribution in [-0.4, -0.2) is 56.8 Å². The van der Waals surface area contributed by atoms with Crippen LogP contribution < -0.4 is 10.2 Å². The van der Waals surface area contributed by atoms with E-state index < -0.39 is 28.9 Å². The molecule has 2 aliphatic rings. The van der Waals surface area contributed by atoms with Crippen molar-refractivity contribution < 1.29 is 27.2 Å². The lowest BCUT2D eigenvalue weighted by atomic mass is 9.85. The monoisotopic (exact) mass is 550 g/mol. The number of nitrogens with one attached hydrogen (secondary N) is 1. The van der Waals surface area contributed by atoms with Crippen LogP contribution in [0.5, 0.6) is 0 Å². The van der Waals surface area contributed by atoms with Crippen molar-refractivity contribution in [1.82, 2.24) is 25.0 Å². The number of piperidine rings is 1. The largest absolute Gasteiger partial charge is 0.339 e. The van der Waals surface area contributed by atoms with Crippen molar-refractivity contribution in [3.8, 4) is 16.9 Å². The van der Waals surface area contributed by atoms with Crippen molar-refractivity contribution in [3.05, 3.63) is 96.0 Å². The first-order chi connectivity index (χ1) is 19.3. The van der Waals surface area contributed by atoms with Crippen LogP contribution >= 0.6 is 0 Å². The Morgan fingerprint density at radius 2 is 1.62 bits per heavy atom. The topological polar surface area (TPSA) is 83.4 Å². The molecule has 0 saturated carbocycles. The second-order valence-corrected chi connectivity index (χ2v) is 9.68. The molecule has 40 heavy (non-hydrogen) atoms. The minimum atomic E-state index is -1.61. The molecule has 8 nitrogen and oxygen atoms in total. The van der Waals surface area contributed by atoms with E-state index in [4.69, 9.17) is 0 Å². The van der Waals surface area contributed by atoms with Gasteiger partial charge in [-0.3, -0.25) is 14.6 Å². The van der Waals surface area contributed by atoms with Gasteiger partial charge in [0, 0.05) is 48.9 Å². The molecular formula is C28H22F4N6O2. The number of rotatable bonds is 4. The van der Waals surface area contributed by atoms with Gasteiger partial charge < -0.3 is 15.1 Å². The summed E-state index contributed by atoms with van der Waals surface area (Å²) in [6.07, 6.45) is 3.70. The van der Waals surface area contributed by atoms with E-state index in [9.17, 15) is 27.2 Å². The molecule has 0 aliphatic carbocycles. The molecule has 4 heterocycles. The third-order valence-corrected chi connectivity index (χ3v) is 7.45. The van der Waals surface area contributed by atoms with Crippen LogP contribution in [0.4, 0.5) is 23.2 Å². The van der Waals surface area contributed by atoms with Gasteiger partial charge in [-0.05, 0) is 55.3 Å². The van der Waals surface area contributed by atoms with Crippen molar-refractivity contribution in [1.29, 1.82) is 0 Å². The quantitative estimate of drug-likeness (QED) is 0.306. The first-order valence-electron chi connectivity index (χ1n) is 12.5. The first kappa shape index (κ1) is 25.5. The smallest absolute Gasteiger partial charge is 0.274 e. The summed E-state index contributed by atoms with van der Waals surface area (Å²) < 4.78 is 56.4. The van der Waals surface area contributed by atoms with Gasteiger partial charge in [-0.2, -0.15) is 5.10 Å². The zero-order chi connectivity index (χ0) is 28.0. The number of pyridine rings is 1. The molecule has 2 aromatic carbocycles. The second-order valence-electron chi connectivity index (χ2n) is 9.68. The Bertz CT molecular complexity index is 1580. The molecule has 12 heteroatoms. The molecule has 0 unspecified atom stereocenters. The highest BCUT2D eigenvalue weighted by molar-refractivity contribution is 5.96. The summed E-state index contributed by atoms with van der Waals surface area (Å²) in [4.78, 5) is 34.0. The number of benzene rings is 2. The third-order valence-electron chi connectivity index (χ3n) is 7.45. The summed E-state index contributed by atoms with van der Waals surface area (Å²) in [7, 11) is 0. The molecular weight excluding hydrogens is 528 g/mol. The van der Waals surface area contributed by atoms with E-state index in [0.29, 0.717) is 29.8 Å². The zero-order valence-electron chi connectivity index (χ0n) is 21.0. The summed E-state index contributed by atoms with van der Waals surface area (Å²) in [5.74, 6) is -5.37. The highest BCUT2D eigenvalue weighted by atomic mass is 19.2. The first-order valence-corrected chi connectivity index (χ1v) is 12.5. The fourth-order valence-corrected chi connectivity index (χ4v) is 5.35. The minimum absolute atomic E-state index is 0.00575. The maximum Gasteiger partial charge on any atom is 0.274 e. The van der Waals surface area contributed by atoms with Crippen molar-refractivity contribution in [2.45, 2.75) is 18.4 Å². The average Bonchev–Trinajstić information content (AvgIpc) is 3.55. The van der Waals surface area contributed by atoms with E-state index in [-0.39, 0.29) is 42.9 Å². The number of anilines is 1. The van der Waals surface area contributed by atoms with Crippen molar-refractivity contribution in [2.75, 3.05) is 24.7 Å². The number of nitrogens with zero attached hydrogens (tertiary/aromatic N) is 5. The number of hydrogen-bond donors (Lipinski definition) is 1. The number of hydrogen-bond acceptors (Lipinski definition) is 5. The predicted octanol–water partition coefficient (Wildman–Crippen LogP) is 4.06. The number of amides is 2. The lowest BCUT2D eigenvalue weighted by Gasteiger charge is -2.43. The number of carbonyl (C=O) groups excluding carboxylic acids is 2. The Morgan fingerprint density at radius 1 is 0.925 bits per heavy atom. The molecule has 4 aromatic rings. The molecule has 6 rings (SSSR count). The van der Waals surface area contributed by atoms with Crippen molar-refractivity contribution >= 4 is 17.5 Å². The van der Waals surface area contributed by atoms with E-state index in [1.807, 2.05) is 4.90 Å². The molecule has 0 bridgehead atoms. The SMILES string of the molecule is O=C(c1cc(-c2cccnc2)n(-c2cc(F)c(F)c(F)c2)n1)N1CCC2(CC1)C(=O)NCN2c1ccc(F)cc1. The molecule has 0 atom stereocenters. The van der Waals surface area contributed by atoms with Crippen LogP contribution in [0.1, 0.15) is 23.3 Å². The van der Waals surface area contributed by atoms with Crippen LogP contribution in [0.15, 0.2) is 67.0 Å². The standard InChI is InChI=1S/C28H22F4N6O2/c29-18-3-5-19(6-4-18)37-16-34-27(40)28(37)7-10-36(11-8-28)26(39)23-14-24(17-2-1-9-33-15-17)38(35-23)20-12-21(30)25(32)22(31)13-20/h1-6,9,12-15H,7-8,10-11,16H2,(H,34,40). The highest BCUT2D eigenvalue weighted by Gasteiger charge is 2.51. The fraction of sp³-hybridized carbons (Fsp3) is 0.214. The van der Waals surface area contributed by atoms with Crippen molar-refractivity contribution in [3.63, 3.8) is 0 Å². The summed E-state index contributed by atoms with van der Waals surface area (Å²) >= 11 is 0. The Labute approximate surface area is 225 Å². The van der Waals surface area contributed by atoms with Gasteiger partial charge in [-0.25, -0.2) is 22.2 Å². The van der Waals surface area contributed by atoms with Gasteiger partial charge in [0.25, 0.3) is 5.91 Å². The van der Waals surface area contributed by atoms with Gasteiger partial charge in [0.2, 0.25) is 5.91 Å². The number of aromatic nitrogens is 3. The predicted molar refractivity (Wildman–Crippen MR) is 136 cm³/mol. The Balaban J connectivity index is 1.29. The maximum absolute atomic E-state index is 14.1. The Kier molecular flexibility index (Phi) is 6.24. The van der Waals surface area contributed by atoms with Gasteiger partial charge >= 0.3 is 0 Å². The average molecular weight is 551 g/mol. The Hall–Kier alpha value is -4.74. The molecule has 2 saturated heterocycles. The van der Waals surface area contributed by atoms with E-state index in [2.05, 4.69) is 15.4 Å². The van der Waals surface area contributed by atoms with E-state index in [1.165, 1.54) is 29.1 Å². The van der Waals surface area contributed by atoms with Crippen LogP contribution in [-0.2, 0) is 4.79 Å². The number of halogens is 4. The zero-order valence-corrected chi connectivity index (χ0v) is 21.0. The van der Waals surface area contributed by atoms with Crippen molar-refractivity contribution in [2.24, 2.45) is 0 Å².